The molecule has 0 aromatic rings. The van der Waals surface area contributed by atoms with Crippen molar-refractivity contribution in [1.29, 1.82) is 0 Å². The second-order valence-electron chi connectivity index (χ2n) is 3.15. The second-order valence-corrected chi connectivity index (χ2v) is 3.15. The van der Waals surface area contributed by atoms with Gasteiger partial charge in [0.15, 0.2) is 0 Å². The van der Waals surface area contributed by atoms with Gasteiger partial charge in [-0.15, -0.1) is 0 Å². The Kier molecular flexibility index (Phi) is 4.62. The molecule has 0 aliphatic rings. The first-order valence-corrected chi connectivity index (χ1v) is 4.09. The molecule has 14 heavy (non-hydrogen) atoms. The van der Waals surface area contributed by atoms with Gasteiger partial charge in [-0.05, 0) is 0 Å². The van der Waals surface area contributed by atoms with E-state index < -0.39 is 30.3 Å². The van der Waals surface area contributed by atoms with Crippen molar-refractivity contribution in [1.82, 2.24) is 5.32 Å². The summed E-state index contributed by atoms with van der Waals surface area (Å²) >= 11 is 0. The maximum atomic E-state index is 11.1. The standard InChI is InChI=1S/C8H13NO5/c1-4(2)7(12)9-5(8(13)14)3-6(10)11/h4-5H,3H2,1-2H3,(H,9,12)(H,10,11)(H,13,14)/t5-/m0/s1. The van der Waals surface area contributed by atoms with Crippen LogP contribution in [0, 0.1) is 5.92 Å². The van der Waals surface area contributed by atoms with Crippen LogP contribution in [0.25, 0.3) is 0 Å². The molecule has 80 valence electrons. The smallest absolute Gasteiger partial charge is 0.326 e. The summed E-state index contributed by atoms with van der Waals surface area (Å²) in [5.74, 6) is -3.45. The Labute approximate surface area is 80.9 Å². The third-order valence-corrected chi connectivity index (χ3v) is 1.52. The molecule has 0 aromatic carbocycles. The average Bonchev–Trinajstić information content (AvgIpc) is 2.01. The topological polar surface area (TPSA) is 104 Å². The van der Waals surface area contributed by atoms with E-state index in [1.807, 2.05) is 0 Å². The number of carboxylic acid groups (broad SMARTS) is 2. The highest BCUT2D eigenvalue weighted by molar-refractivity contribution is 5.87. The molecule has 0 unspecified atom stereocenters. The predicted molar refractivity (Wildman–Crippen MR) is 46.7 cm³/mol. The van der Waals surface area contributed by atoms with E-state index in [4.69, 9.17) is 10.2 Å². The molecule has 0 heterocycles. The summed E-state index contributed by atoms with van der Waals surface area (Å²) in [6.07, 6.45) is -0.617. The van der Waals surface area contributed by atoms with Gasteiger partial charge >= 0.3 is 11.9 Å². The van der Waals surface area contributed by atoms with Gasteiger partial charge in [0.25, 0.3) is 0 Å². The first-order chi connectivity index (χ1) is 6.34. The number of carbonyl (C=O) groups is 3. The van der Waals surface area contributed by atoms with E-state index in [-0.39, 0.29) is 5.92 Å². The highest BCUT2D eigenvalue weighted by Crippen LogP contribution is 1.97. The van der Waals surface area contributed by atoms with Crippen LogP contribution in [0.3, 0.4) is 0 Å². The lowest BCUT2D eigenvalue weighted by molar-refractivity contribution is -0.147. The van der Waals surface area contributed by atoms with Crippen molar-refractivity contribution in [2.75, 3.05) is 0 Å². The van der Waals surface area contributed by atoms with Crippen LogP contribution in [0.4, 0.5) is 0 Å². The van der Waals surface area contributed by atoms with Crippen molar-refractivity contribution in [2.24, 2.45) is 5.92 Å². The molecule has 1 atom stereocenters. The molecule has 6 nitrogen and oxygen atoms in total. The molecule has 0 rings (SSSR count). The molecule has 3 N–H and O–H groups in total. The van der Waals surface area contributed by atoms with Crippen molar-refractivity contribution >= 4 is 17.8 Å². The zero-order valence-electron chi connectivity index (χ0n) is 7.98. The molecule has 1 amide bonds. The van der Waals surface area contributed by atoms with Crippen molar-refractivity contribution in [3.8, 4) is 0 Å². The molecule has 0 spiro atoms. The SMILES string of the molecule is CC(C)C(=O)N[C@@H](CC(=O)O)C(=O)O. The van der Waals surface area contributed by atoms with Crippen molar-refractivity contribution in [2.45, 2.75) is 26.3 Å². The summed E-state index contributed by atoms with van der Waals surface area (Å²) in [5.41, 5.74) is 0. The molecular formula is C8H13NO5. The van der Waals surface area contributed by atoms with Crippen molar-refractivity contribution < 1.29 is 24.6 Å². The van der Waals surface area contributed by atoms with Gasteiger partial charge in [0, 0.05) is 5.92 Å². The quantitative estimate of drug-likeness (QED) is 0.568. The summed E-state index contributed by atoms with van der Waals surface area (Å²) < 4.78 is 0. The second kappa shape index (κ2) is 5.21. The number of carbonyl (C=O) groups excluding carboxylic acids is 1. The Balaban J connectivity index is 4.31. The number of hydrogen-bond acceptors (Lipinski definition) is 3. The molecule has 0 aliphatic heterocycles. The highest BCUT2D eigenvalue weighted by Gasteiger charge is 2.23. The van der Waals surface area contributed by atoms with Crippen LogP contribution < -0.4 is 5.32 Å². The summed E-state index contributed by atoms with van der Waals surface area (Å²) in [6, 6.07) is -1.36. The van der Waals surface area contributed by atoms with Crippen LogP contribution in [0.15, 0.2) is 0 Å². The van der Waals surface area contributed by atoms with Crippen LogP contribution in [0.2, 0.25) is 0 Å². The number of carboxylic acids is 2. The monoisotopic (exact) mass is 203 g/mol. The Morgan fingerprint density at radius 1 is 1.21 bits per heavy atom. The fourth-order valence-electron chi connectivity index (χ4n) is 0.713. The van der Waals surface area contributed by atoms with Gasteiger partial charge in [0.1, 0.15) is 6.04 Å². The lowest BCUT2D eigenvalue weighted by Crippen LogP contribution is -2.43. The molecule has 0 aromatic heterocycles. The zero-order valence-corrected chi connectivity index (χ0v) is 7.98. The summed E-state index contributed by atoms with van der Waals surface area (Å²) in [7, 11) is 0. The highest BCUT2D eigenvalue weighted by atomic mass is 16.4. The Morgan fingerprint density at radius 2 is 1.71 bits per heavy atom. The molecule has 0 aliphatic carbocycles. The number of aliphatic carboxylic acids is 2. The average molecular weight is 203 g/mol. The van der Waals surface area contributed by atoms with Crippen LogP contribution in [0.5, 0.6) is 0 Å². The van der Waals surface area contributed by atoms with Gasteiger partial charge in [-0.2, -0.15) is 0 Å². The Hall–Kier alpha value is -1.59. The molecule has 0 bridgehead atoms. The summed E-state index contributed by atoms with van der Waals surface area (Å²) in [4.78, 5) is 31.8. The minimum Gasteiger partial charge on any atom is -0.481 e. The fourth-order valence-corrected chi connectivity index (χ4v) is 0.713. The number of amides is 1. The van der Waals surface area contributed by atoms with E-state index in [2.05, 4.69) is 5.32 Å². The predicted octanol–water partition coefficient (Wildman–Crippen LogP) is -0.313. The van der Waals surface area contributed by atoms with Crippen molar-refractivity contribution in [3.63, 3.8) is 0 Å². The molecule has 0 radical (unpaired) electrons. The van der Waals surface area contributed by atoms with Gasteiger partial charge < -0.3 is 15.5 Å². The molecule has 0 fully saturated rings. The summed E-state index contributed by atoms with van der Waals surface area (Å²) in [6.45, 7) is 3.18. The first-order valence-electron chi connectivity index (χ1n) is 4.09. The molecule has 0 saturated carbocycles. The van der Waals surface area contributed by atoms with Crippen LogP contribution in [-0.4, -0.2) is 34.1 Å². The van der Waals surface area contributed by atoms with E-state index >= 15 is 0 Å². The Bertz CT molecular complexity index is 248. The van der Waals surface area contributed by atoms with Crippen LogP contribution in [-0.2, 0) is 14.4 Å². The lowest BCUT2D eigenvalue weighted by atomic mass is 10.1. The number of hydrogen-bond donors (Lipinski definition) is 3. The van der Waals surface area contributed by atoms with Gasteiger partial charge in [0.2, 0.25) is 5.91 Å². The third kappa shape index (κ3) is 4.44. The number of rotatable bonds is 5. The van der Waals surface area contributed by atoms with Crippen LogP contribution in [0.1, 0.15) is 20.3 Å². The van der Waals surface area contributed by atoms with Crippen LogP contribution >= 0.6 is 0 Å². The molecule has 6 heteroatoms. The third-order valence-electron chi connectivity index (χ3n) is 1.52. The Morgan fingerprint density at radius 3 is 2.00 bits per heavy atom. The zero-order chi connectivity index (χ0) is 11.3. The van der Waals surface area contributed by atoms with Gasteiger partial charge in [-0.25, -0.2) is 4.79 Å². The molecule has 0 saturated heterocycles. The van der Waals surface area contributed by atoms with E-state index in [0.29, 0.717) is 0 Å². The molecular weight excluding hydrogens is 190 g/mol. The summed E-state index contributed by atoms with van der Waals surface area (Å²) in [5, 5.41) is 19.1. The largest absolute Gasteiger partial charge is 0.481 e. The first kappa shape index (κ1) is 12.4. The lowest BCUT2D eigenvalue weighted by Gasteiger charge is -2.13. The van der Waals surface area contributed by atoms with Gasteiger partial charge in [-0.1, -0.05) is 13.8 Å². The van der Waals surface area contributed by atoms with E-state index in [0.717, 1.165) is 0 Å². The van der Waals surface area contributed by atoms with Gasteiger partial charge in [-0.3, -0.25) is 9.59 Å². The van der Waals surface area contributed by atoms with Crippen molar-refractivity contribution in [3.05, 3.63) is 0 Å². The maximum Gasteiger partial charge on any atom is 0.326 e. The van der Waals surface area contributed by atoms with Gasteiger partial charge in [0.05, 0.1) is 6.42 Å². The normalized spacial score (nSPS) is 12.2. The number of nitrogens with one attached hydrogen (secondary N) is 1. The van der Waals surface area contributed by atoms with E-state index in [1.165, 1.54) is 0 Å². The minimum atomic E-state index is -1.36. The fraction of sp³-hybridized carbons (Fsp3) is 0.625. The minimum absolute atomic E-state index is 0.370. The maximum absolute atomic E-state index is 11.1. The van der Waals surface area contributed by atoms with E-state index in [9.17, 15) is 14.4 Å². The van der Waals surface area contributed by atoms with E-state index in [1.54, 1.807) is 13.8 Å².